The van der Waals surface area contributed by atoms with E-state index in [1.165, 1.54) is 6.07 Å². The molecule has 5 heteroatoms. The first-order chi connectivity index (χ1) is 9.60. The number of benzene rings is 2. The Hall–Kier alpha value is -1.46. The van der Waals surface area contributed by atoms with Crippen LogP contribution in [0.15, 0.2) is 40.9 Å². The molecule has 0 radical (unpaired) electrons. The smallest absolute Gasteiger partial charge is 0.162 e. The topological polar surface area (TPSA) is 21.3 Å². The van der Waals surface area contributed by atoms with Crippen LogP contribution in [0.5, 0.6) is 11.5 Å². The molecule has 2 nitrogen and oxygen atoms in total. The molecule has 0 unspecified atom stereocenters. The highest BCUT2D eigenvalue weighted by atomic mass is 79.9. The van der Waals surface area contributed by atoms with E-state index >= 15 is 0 Å². The molecule has 0 saturated carbocycles. The van der Waals surface area contributed by atoms with Crippen molar-refractivity contribution >= 4 is 15.9 Å². The summed E-state index contributed by atoms with van der Waals surface area (Å²) in [5, 5.41) is 3.22. The fraction of sp³-hybridized carbons (Fsp3) is 0.200. The van der Waals surface area contributed by atoms with Gasteiger partial charge >= 0.3 is 0 Å². The van der Waals surface area contributed by atoms with E-state index < -0.39 is 11.6 Å². The van der Waals surface area contributed by atoms with E-state index in [9.17, 15) is 8.78 Å². The Bertz CT molecular complexity index is 604. The molecule has 0 atom stereocenters. The first-order valence-electron chi connectivity index (χ1n) is 6.22. The minimum Gasteiger partial charge on any atom is -0.456 e. The van der Waals surface area contributed by atoms with E-state index in [1.807, 2.05) is 19.1 Å². The molecule has 0 aliphatic carbocycles. The molecule has 2 aromatic carbocycles. The number of ether oxygens (including phenoxy) is 1. The summed E-state index contributed by atoms with van der Waals surface area (Å²) in [4.78, 5) is 0. The minimum absolute atomic E-state index is 0.254. The van der Waals surface area contributed by atoms with Gasteiger partial charge in [-0.3, -0.25) is 0 Å². The fourth-order valence-corrected chi connectivity index (χ4v) is 2.18. The van der Waals surface area contributed by atoms with Crippen LogP contribution >= 0.6 is 15.9 Å². The Balaban J connectivity index is 2.14. The number of halogens is 3. The van der Waals surface area contributed by atoms with E-state index in [-0.39, 0.29) is 5.75 Å². The largest absolute Gasteiger partial charge is 0.456 e. The van der Waals surface area contributed by atoms with Crippen molar-refractivity contribution < 1.29 is 13.5 Å². The van der Waals surface area contributed by atoms with Gasteiger partial charge in [0.2, 0.25) is 0 Å². The molecule has 0 amide bonds. The van der Waals surface area contributed by atoms with E-state index in [4.69, 9.17) is 4.74 Å². The molecule has 1 N–H and O–H groups in total. The molecule has 0 saturated heterocycles. The third-order valence-electron chi connectivity index (χ3n) is 2.69. The maximum Gasteiger partial charge on any atom is 0.162 e. The molecule has 0 aromatic heterocycles. The predicted molar refractivity (Wildman–Crippen MR) is 78.0 cm³/mol. The summed E-state index contributed by atoms with van der Waals surface area (Å²) in [7, 11) is 0. The molecule has 0 spiro atoms. The van der Waals surface area contributed by atoms with E-state index in [0.29, 0.717) is 5.75 Å². The van der Waals surface area contributed by atoms with Gasteiger partial charge in [0.05, 0.1) is 4.47 Å². The highest BCUT2D eigenvalue weighted by Gasteiger charge is 2.07. The average molecular weight is 342 g/mol. The molecule has 106 valence electrons. The second-order valence-corrected chi connectivity index (χ2v) is 5.08. The lowest BCUT2D eigenvalue weighted by molar-refractivity contribution is 0.459. The number of rotatable bonds is 5. The Morgan fingerprint density at radius 1 is 1.10 bits per heavy atom. The second kappa shape index (κ2) is 6.81. The molecule has 20 heavy (non-hydrogen) atoms. The Labute approximate surface area is 124 Å². The van der Waals surface area contributed by atoms with Gasteiger partial charge in [-0.05, 0) is 52.3 Å². The van der Waals surface area contributed by atoms with Gasteiger partial charge in [-0.25, -0.2) is 8.78 Å². The zero-order valence-electron chi connectivity index (χ0n) is 10.9. The monoisotopic (exact) mass is 341 g/mol. The quantitative estimate of drug-likeness (QED) is 0.856. The Morgan fingerprint density at radius 3 is 2.55 bits per heavy atom. The van der Waals surface area contributed by atoms with E-state index in [1.54, 1.807) is 6.07 Å². The summed E-state index contributed by atoms with van der Waals surface area (Å²) in [5.74, 6) is -1.01. The van der Waals surface area contributed by atoms with Gasteiger partial charge in [0.1, 0.15) is 11.5 Å². The van der Waals surface area contributed by atoms with Crippen LogP contribution in [0.3, 0.4) is 0 Å². The first kappa shape index (κ1) is 14.9. The van der Waals surface area contributed by atoms with Crippen molar-refractivity contribution in [2.24, 2.45) is 0 Å². The molecular weight excluding hydrogens is 328 g/mol. The summed E-state index contributed by atoms with van der Waals surface area (Å²) in [6.45, 7) is 3.70. The van der Waals surface area contributed by atoms with Crippen LogP contribution in [0.25, 0.3) is 0 Å². The molecular formula is C15H14BrF2NO. The van der Waals surface area contributed by atoms with Crippen molar-refractivity contribution in [3.8, 4) is 11.5 Å². The number of hydrogen-bond donors (Lipinski definition) is 1. The van der Waals surface area contributed by atoms with Crippen LogP contribution in [-0.2, 0) is 6.54 Å². The van der Waals surface area contributed by atoms with Crippen molar-refractivity contribution in [2.75, 3.05) is 6.54 Å². The normalized spacial score (nSPS) is 10.6. The van der Waals surface area contributed by atoms with Crippen LogP contribution in [0.4, 0.5) is 8.78 Å². The summed E-state index contributed by atoms with van der Waals surface area (Å²) in [5.41, 5.74) is 1.11. The number of hydrogen-bond acceptors (Lipinski definition) is 2. The van der Waals surface area contributed by atoms with Crippen LogP contribution in [-0.4, -0.2) is 6.54 Å². The lowest BCUT2D eigenvalue weighted by Gasteiger charge is -2.10. The summed E-state index contributed by atoms with van der Waals surface area (Å²) >= 11 is 3.41. The molecule has 0 aliphatic rings. The molecule has 0 heterocycles. The number of nitrogens with one attached hydrogen (secondary N) is 1. The summed E-state index contributed by atoms with van der Waals surface area (Å²) in [6.07, 6.45) is 0. The zero-order valence-corrected chi connectivity index (χ0v) is 12.5. The Kier molecular flexibility index (Phi) is 5.09. The molecule has 0 fully saturated rings. The van der Waals surface area contributed by atoms with Crippen molar-refractivity contribution in [3.05, 3.63) is 58.1 Å². The molecule has 0 aliphatic heterocycles. The maximum absolute atomic E-state index is 13.1. The SMILES string of the molecule is CCNCc1ccc(Oc2ccc(F)c(F)c2)c(Br)c1. The van der Waals surface area contributed by atoms with Crippen LogP contribution < -0.4 is 10.1 Å². The standard InChI is InChI=1S/C15H14BrF2NO/c1-2-19-9-10-3-6-15(12(16)7-10)20-11-4-5-13(17)14(18)8-11/h3-8,19H,2,9H2,1H3. The second-order valence-electron chi connectivity index (χ2n) is 4.22. The first-order valence-corrected chi connectivity index (χ1v) is 7.01. The van der Waals surface area contributed by atoms with Crippen LogP contribution in [0.2, 0.25) is 0 Å². The highest BCUT2D eigenvalue weighted by Crippen LogP contribution is 2.31. The third-order valence-corrected chi connectivity index (χ3v) is 3.31. The predicted octanol–water partition coefficient (Wildman–Crippen LogP) is 4.63. The van der Waals surface area contributed by atoms with Crippen molar-refractivity contribution in [1.82, 2.24) is 5.32 Å². The van der Waals surface area contributed by atoms with Crippen LogP contribution in [0.1, 0.15) is 12.5 Å². The van der Waals surface area contributed by atoms with Crippen molar-refractivity contribution in [3.63, 3.8) is 0 Å². The van der Waals surface area contributed by atoms with Gasteiger partial charge in [-0.2, -0.15) is 0 Å². The minimum atomic E-state index is -0.928. The van der Waals surface area contributed by atoms with Crippen LogP contribution in [0, 0.1) is 11.6 Å². The molecule has 0 bridgehead atoms. The van der Waals surface area contributed by atoms with Gasteiger partial charge in [0, 0.05) is 12.6 Å². The van der Waals surface area contributed by atoms with Gasteiger partial charge in [-0.15, -0.1) is 0 Å². The zero-order chi connectivity index (χ0) is 14.5. The van der Waals surface area contributed by atoms with Gasteiger partial charge in [0.15, 0.2) is 11.6 Å². The highest BCUT2D eigenvalue weighted by molar-refractivity contribution is 9.10. The molecule has 2 rings (SSSR count). The van der Waals surface area contributed by atoms with Crippen molar-refractivity contribution in [1.29, 1.82) is 0 Å². The van der Waals surface area contributed by atoms with Crippen molar-refractivity contribution in [2.45, 2.75) is 13.5 Å². The van der Waals surface area contributed by atoms with Gasteiger partial charge in [-0.1, -0.05) is 13.0 Å². The van der Waals surface area contributed by atoms with Gasteiger partial charge in [0.25, 0.3) is 0 Å². The lowest BCUT2D eigenvalue weighted by atomic mass is 10.2. The molecule has 2 aromatic rings. The maximum atomic E-state index is 13.1. The average Bonchev–Trinajstić information content (AvgIpc) is 2.43. The van der Waals surface area contributed by atoms with E-state index in [0.717, 1.165) is 35.3 Å². The summed E-state index contributed by atoms with van der Waals surface area (Å²) in [6, 6.07) is 9.09. The van der Waals surface area contributed by atoms with Gasteiger partial charge < -0.3 is 10.1 Å². The summed E-state index contributed by atoms with van der Waals surface area (Å²) < 4.78 is 32.2. The van der Waals surface area contributed by atoms with E-state index in [2.05, 4.69) is 21.2 Å². The Morgan fingerprint density at radius 2 is 1.90 bits per heavy atom. The lowest BCUT2D eigenvalue weighted by Crippen LogP contribution is -2.11. The fourth-order valence-electron chi connectivity index (χ4n) is 1.67. The third kappa shape index (κ3) is 3.77.